The van der Waals surface area contributed by atoms with Gasteiger partial charge in [-0.1, -0.05) is 20.8 Å². The second kappa shape index (κ2) is 3.77. The molecule has 2 amide bonds. The van der Waals surface area contributed by atoms with Crippen LogP contribution in [0.15, 0.2) is 0 Å². The van der Waals surface area contributed by atoms with Crippen molar-refractivity contribution in [2.24, 2.45) is 11.8 Å². The Hall–Kier alpha value is -1.06. The van der Waals surface area contributed by atoms with Crippen molar-refractivity contribution in [2.45, 2.75) is 27.2 Å². The van der Waals surface area contributed by atoms with Gasteiger partial charge in [0.25, 0.3) is 0 Å². The Morgan fingerprint density at radius 2 is 2.23 bits per heavy atom. The molecule has 1 atom stereocenters. The van der Waals surface area contributed by atoms with Crippen LogP contribution < -0.4 is 5.43 Å². The van der Waals surface area contributed by atoms with Gasteiger partial charge in [0.05, 0.1) is 0 Å². The zero-order valence-electron chi connectivity index (χ0n) is 8.33. The fourth-order valence-corrected chi connectivity index (χ4v) is 1.20. The van der Waals surface area contributed by atoms with Gasteiger partial charge in [-0.25, -0.2) is 0 Å². The predicted molar refractivity (Wildman–Crippen MR) is 48.5 cm³/mol. The maximum Gasteiger partial charge on any atom is 0.243 e. The maximum absolute atomic E-state index is 11.4. The summed E-state index contributed by atoms with van der Waals surface area (Å²) in [6.07, 6.45) is 0.831. The smallest absolute Gasteiger partial charge is 0.243 e. The summed E-state index contributed by atoms with van der Waals surface area (Å²) in [6, 6.07) is 0. The van der Waals surface area contributed by atoms with Gasteiger partial charge in [-0.2, -0.15) is 0 Å². The summed E-state index contributed by atoms with van der Waals surface area (Å²) in [5, 5.41) is 1.42. The van der Waals surface area contributed by atoms with E-state index in [2.05, 4.69) is 5.43 Å². The molecule has 1 rings (SSSR count). The predicted octanol–water partition coefficient (Wildman–Crippen LogP) is 0.542. The van der Waals surface area contributed by atoms with Crippen molar-refractivity contribution in [1.82, 2.24) is 10.4 Å². The van der Waals surface area contributed by atoms with E-state index in [1.54, 1.807) is 13.8 Å². The lowest BCUT2D eigenvalue weighted by molar-refractivity contribution is -0.141. The molecule has 0 aromatic carbocycles. The average Bonchev–Trinajstić information content (AvgIpc) is 2.36. The minimum absolute atomic E-state index is 0.0222. The highest BCUT2D eigenvalue weighted by atomic mass is 16.2. The first-order chi connectivity index (χ1) is 6.02. The van der Waals surface area contributed by atoms with Gasteiger partial charge >= 0.3 is 0 Å². The number of hydrazine groups is 1. The monoisotopic (exact) mass is 184 g/mol. The van der Waals surface area contributed by atoms with Crippen LogP contribution in [0.25, 0.3) is 0 Å². The van der Waals surface area contributed by atoms with Crippen molar-refractivity contribution in [3.05, 3.63) is 0 Å². The molecule has 0 aliphatic carbocycles. The van der Waals surface area contributed by atoms with Gasteiger partial charge in [0, 0.05) is 18.4 Å². The molecule has 0 aromatic heterocycles. The molecule has 4 heteroatoms. The van der Waals surface area contributed by atoms with E-state index in [0.717, 1.165) is 6.42 Å². The molecule has 4 nitrogen and oxygen atoms in total. The van der Waals surface area contributed by atoms with E-state index in [0.29, 0.717) is 6.54 Å². The molecule has 1 saturated heterocycles. The van der Waals surface area contributed by atoms with Gasteiger partial charge < -0.3 is 0 Å². The molecule has 0 aromatic rings. The number of rotatable bonds is 2. The molecular weight excluding hydrogens is 168 g/mol. The lowest BCUT2D eigenvalue weighted by Gasteiger charge is -2.18. The number of carbonyl (C=O) groups is 2. The second-order valence-corrected chi connectivity index (χ2v) is 3.81. The van der Waals surface area contributed by atoms with Crippen LogP contribution in [-0.4, -0.2) is 23.4 Å². The summed E-state index contributed by atoms with van der Waals surface area (Å²) in [4.78, 5) is 22.6. The van der Waals surface area contributed by atoms with Crippen LogP contribution in [0.2, 0.25) is 0 Å². The lowest BCUT2D eigenvalue weighted by Crippen LogP contribution is -2.45. The molecule has 0 radical (unpaired) electrons. The summed E-state index contributed by atoms with van der Waals surface area (Å²) in [5.74, 6) is -0.104. The van der Waals surface area contributed by atoms with Crippen LogP contribution in [0, 0.1) is 11.8 Å². The van der Waals surface area contributed by atoms with Crippen molar-refractivity contribution < 1.29 is 9.59 Å². The maximum atomic E-state index is 11.4. The first kappa shape index (κ1) is 10.0. The number of carbonyl (C=O) groups excluding carboxylic acids is 2. The third-order valence-corrected chi connectivity index (χ3v) is 2.24. The highest BCUT2D eigenvalue weighted by Gasteiger charge is 2.29. The van der Waals surface area contributed by atoms with Crippen LogP contribution in [0.3, 0.4) is 0 Å². The van der Waals surface area contributed by atoms with Crippen LogP contribution in [0.5, 0.6) is 0 Å². The van der Waals surface area contributed by atoms with E-state index in [-0.39, 0.29) is 23.7 Å². The highest BCUT2D eigenvalue weighted by Crippen LogP contribution is 2.14. The largest absolute Gasteiger partial charge is 0.273 e. The van der Waals surface area contributed by atoms with Gasteiger partial charge in [-0.05, 0) is 6.42 Å². The summed E-state index contributed by atoms with van der Waals surface area (Å²) < 4.78 is 0. The van der Waals surface area contributed by atoms with E-state index < -0.39 is 0 Å². The van der Waals surface area contributed by atoms with E-state index in [9.17, 15) is 9.59 Å². The first-order valence-corrected chi connectivity index (χ1v) is 4.64. The van der Waals surface area contributed by atoms with Gasteiger partial charge in [-0.15, -0.1) is 0 Å². The van der Waals surface area contributed by atoms with E-state index >= 15 is 0 Å². The van der Waals surface area contributed by atoms with Crippen LogP contribution in [-0.2, 0) is 9.59 Å². The molecular formula is C9H16N2O2. The third-order valence-electron chi connectivity index (χ3n) is 2.24. The Kier molecular flexibility index (Phi) is 2.90. The van der Waals surface area contributed by atoms with E-state index in [1.165, 1.54) is 5.01 Å². The fourth-order valence-electron chi connectivity index (χ4n) is 1.20. The topological polar surface area (TPSA) is 49.4 Å². The molecule has 0 spiro atoms. The van der Waals surface area contributed by atoms with Crippen molar-refractivity contribution in [2.75, 3.05) is 6.54 Å². The minimum Gasteiger partial charge on any atom is -0.273 e. The fraction of sp³-hybridized carbons (Fsp3) is 0.778. The molecule has 1 aliphatic heterocycles. The van der Waals surface area contributed by atoms with Gasteiger partial charge in [0.15, 0.2) is 0 Å². The van der Waals surface area contributed by atoms with Crippen molar-refractivity contribution >= 4 is 11.8 Å². The van der Waals surface area contributed by atoms with Crippen molar-refractivity contribution in [1.29, 1.82) is 0 Å². The Balaban J connectivity index is 2.47. The number of nitrogens with one attached hydrogen (secondary N) is 1. The number of nitrogens with zero attached hydrogens (tertiary/aromatic N) is 1. The Labute approximate surface area is 78.3 Å². The second-order valence-electron chi connectivity index (χ2n) is 3.81. The lowest BCUT2D eigenvalue weighted by atomic mass is 10.1. The molecule has 1 aliphatic rings. The molecule has 1 fully saturated rings. The van der Waals surface area contributed by atoms with Gasteiger partial charge in [0.2, 0.25) is 11.8 Å². The summed E-state index contributed by atoms with van der Waals surface area (Å²) in [5.41, 5.74) is 2.60. The zero-order valence-corrected chi connectivity index (χ0v) is 8.33. The molecule has 1 heterocycles. The SMILES string of the molecule is CC(C)C(=O)NN1CCC(C)C1=O. The van der Waals surface area contributed by atoms with Crippen LogP contribution in [0.4, 0.5) is 0 Å². The number of amides is 2. The molecule has 74 valence electrons. The Morgan fingerprint density at radius 1 is 1.62 bits per heavy atom. The molecule has 1 N–H and O–H groups in total. The Bertz CT molecular complexity index is 226. The summed E-state index contributed by atoms with van der Waals surface area (Å²) in [6.45, 7) is 6.13. The normalized spacial score (nSPS) is 22.6. The highest BCUT2D eigenvalue weighted by molar-refractivity contribution is 5.85. The number of hydrogen-bond acceptors (Lipinski definition) is 2. The van der Waals surface area contributed by atoms with Crippen LogP contribution in [0.1, 0.15) is 27.2 Å². The standard InChI is InChI=1S/C9H16N2O2/c1-6(2)8(12)10-11-5-4-7(3)9(11)13/h6-7H,4-5H2,1-3H3,(H,10,12). The zero-order chi connectivity index (χ0) is 10.0. The van der Waals surface area contributed by atoms with Gasteiger partial charge in [0.1, 0.15) is 0 Å². The first-order valence-electron chi connectivity index (χ1n) is 4.64. The quantitative estimate of drug-likeness (QED) is 0.681. The van der Waals surface area contributed by atoms with Crippen LogP contribution >= 0.6 is 0 Å². The van der Waals surface area contributed by atoms with Gasteiger partial charge in [-0.3, -0.25) is 20.0 Å². The van der Waals surface area contributed by atoms with Crippen molar-refractivity contribution in [3.8, 4) is 0 Å². The molecule has 1 unspecified atom stereocenters. The van der Waals surface area contributed by atoms with E-state index in [4.69, 9.17) is 0 Å². The summed E-state index contributed by atoms with van der Waals surface area (Å²) in [7, 11) is 0. The Morgan fingerprint density at radius 3 is 2.62 bits per heavy atom. The number of hydrogen-bond donors (Lipinski definition) is 1. The molecule has 0 saturated carbocycles. The van der Waals surface area contributed by atoms with Crippen molar-refractivity contribution in [3.63, 3.8) is 0 Å². The van der Waals surface area contributed by atoms with E-state index in [1.807, 2.05) is 6.92 Å². The molecule has 13 heavy (non-hydrogen) atoms. The average molecular weight is 184 g/mol. The third kappa shape index (κ3) is 2.20. The summed E-state index contributed by atoms with van der Waals surface area (Å²) >= 11 is 0. The minimum atomic E-state index is -0.0950. The molecule has 0 bridgehead atoms.